The molecule has 0 bridgehead atoms. The van der Waals surface area contributed by atoms with Gasteiger partial charge in [-0.15, -0.1) is 0 Å². The molecule has 0 amide bonds. The Morgan fingerprint density at radius 3 is 2.45 bits per heavy atom. The third-order valence-corrected chi connectivity index (χ3v) is 8.30. The monoisotopic (exact) mass is 652 g/mol. The van der Waals surface area contributed by atoms with Crippen molar-refractivity contribution in [2.24, 2.45) is 4.99 Å². The molecule has 0 saturated carbocycles. The number of halogens is 1. The van der Waals surface area contributed by atoms with Crippen LogP contribution in [0.1, 0.15) is 41.6 Å². The number of carboxylic acid groups (broad SMARTS) is 1. The second-order valence-corrected chi connectivity index (χ2v) is 11.0. The second kappa shape index (κ2) is 11.8. The third-order valence-electron chi connectivity index (χ3n) is 6.63. The first-order valence-electron chi connectivity index (χ1n) is 12.7. The average molecular weight is 654 g/mol. The SMILES string of the molecule is CCOC(=O)C1=C(C)N=c2s/c(=C\c3ccc(-c4ccc(C(=O)O)cc4)o3)c(=O)n2[C@H]1c1cc(OC)c(OC)cc1Br. The summed E-state index contributed by atoms with van der Waals surface area (Å²) in [7, 11) is 3.03. The zero-order chi connectivity index (χ0) is 30.1. The Labute approximate surface area is 251 Å². The maximum Gasteiger partial charge on any atom is 0.338 e. The Bertz CT molecular complexity index is 1920. The fourth-order valence-corrected chi connectivity index (χ4v) is 6.22. The van der Waals surface area contributed by atoms with Crippen LogP contribution in [0, 0.1) is 0 Å². The van der Waals surface area contributed by atoms with Crippen molar-refractivity contribution in [2.75, 3.05) is 20.8 Å². The van der Waals surface area contributed by atoms with Crippen LogP contribution in [0.2, 0.25) is 0 Å². The summed E-state index contributed by atoms with van der Waals surface area (Å²) < 4.78 is 24.7. The lowest BCUT2D eigenvalue weighted by atomic mass is 9.95. The van der Waals surface area contributed by atoms with Crippen molar-refractivity contribution in [2.45, 2.75) is 19.9 Å². The number of benzene rings is 2. The van der Waals surface area contributed by atoms with Gasteiger partial charge in [0, 0.05) is 16.1 Å². The maximum atomic E-state index is 13.9. The van der Waals surface area contributed by atoms with Crippen molar-refractivity contribution < 1.29 is 33.3 Å². The molecule has 0 fully saturated rings. The van der Waals surface area contributed by atoms with Gasteiger partial charge in [0.25, 0.3) is 5.56 Å². The maximum absolute atomic E-state index is 13.9. The van der Waals surface area contributed by atoms with Crippen LogP contribution in [0.5, 0.6) is 11.5 Å². The van der Waals surface area contributed by atoms with Crippen LogP contribution in [0.15, 0.2) is 78.5 Å². The van der Waals surface area contributed by atoms with E-state index in [0.29, 0.717) is 53.6 Å². The van der Waals surface area contributed by atoms with E-state index in [2.05, 4.69) is 20.9 Å². The normalized spacial score (nSPS) is 14.8. The van der Waals surface area contributed by atoms with E-state index in [1.54, 1.807) is 56.3 Å². The predicted molar refractivity (Wildman–Crippen MR) is 159 cm³/mol. The smallest absolute Gasteiger partial charge is 0.338 e. The van der Waals surface area contributed by atoms with Crippen LogP contribution in [-0.4, -0.2) is 42.4 Å². The molecule has 0 spiro atoms. The molecule has 0 aliphatic carbocycles. The molecule has 42 heavy (non-hydrogen) atoms. The summed E-state index contributed by atoms with van der Waals surface area (Å²) in [6.45, 7) is 3.57. The number of rotatable bonds is 8. The van der Waals surface area contributed by atoms with E-state index in [1.165, 1.54) is 42.3 Å². The molecule has 4 aromatic rings. The van der Waals surface area contributed by atoms with E-state index in [9.17, 15) is 14.4 Å². The van der Waals surface area contributed by atoms with Crippen LogP contribution < -0.4 is 24.4 Å². The van der Waals surface area contributed by atoms with Gasteiger partial charge in [0.15, 0.2) is 16.3 Å². The molecule has 0 unspecified atom stereocenters. The number of carbonyl (C=O) groups is 2. The van der Waals surface area contributed by atoms with Crippen LogP contribution in [0.25, 0.3) is 17.4 Å². The van der Waals surface area contributed by atoms with Gasteiger partial charge in [-0.05, 0) is 55.8 Å². The van der Waals surface area contributed by atoms with E-state index in [0.717, 1.165) is 0 Å². The van der Waals surface area contributed by atoms with Gasteiger partial charge in [-0.3, -0.25) is 9.36 Å². The van der Waals surface area contributed by atoms with Gasteiger partial charge in [0.05, 0.1) is 48.2 Å². The molecular formula is C30H25BrN2O8S. The lowest BCUT2D eigenvalue weighted by Gasteiger charge is -2.26. The van der Waals surface area contributed by atoms with Crippen LogP contribution >= 0.6 is 27.3 Å². The molecule has 3 heterocycles. The molecule has 1 N–H and O–H groups in total. The van der Waals surface area contributed by atoms with Gasteiger partial charge >= 0.3 is 11.9 Å². The zero-order valence-electron chi connectivity index (χ0n) is 23.0. The van der Waals surface area contributed by atoms with Crippen molar-refractivity contribution >= 4 is 45.3 Å². The van der Waals surface area contributed by atoms with Gasteiger partial charge in [0.1, 0.15) is 11.5 Å². The van der Waals surface area contributed by atoms with Crippen molar-refractivity contribution in [3.8, 4) is 22.8 Å². The highest BCUT2D eigenvalue weighted by Crippen LogP contribution is 2.40. The van der Waals surface area contributed by atoms with Gasteiger partial charge < -0.3 is 23.7 Å². The third kappa shape index (κ3) is 5.30. The number of fused-ring (bicyclic) bond motifs is 1. The summed E-state index contributed by atoms with van der Waals surface area (Å²) in [6.07, 6.45) is 1.61. The standard InChI is InChI=1S/C30H25BrN2O8S/c1-5-40-29(37)25-15(2)32-30-33(26(25)19-13-22(38-3)23(39-4)14-20(19)31)27(34)24(42-30)12-18-10-11-21(41-18)16-6-8-17(9-7-16)28(35)36/h6-14,26H,5H2,1-4H3,(H,35,36)/b24-12-/t26-/m0/s1. The number of nitrogens with zero attached hydrogens (tertiary/aromatic N) is 2. The number of carboxylic acids is 1. The minimum atomic E-state index is -1.02. The Morgan fingerprint density at radius 1 is 1.12 bits per heavy atom. The van der Waals surface area contributed by atoms with Gasteiger partial charge in [-0.1, -0.05) is 39.4 Å². The fourth-order valence-electron chi connectivity index (χ4n) is 4.66. The van der Waals surface area contributed by atoms with E-state index < -0.39 is 18.0 Å². The molecule has 2 aromatic carbocycles. The molecule has 2 aromatic heterocycles. The van der Waals surface area contributed by atoms with Crippen LogP contribution in [0.3, 0.4) is 0 Å². The largest absolute Gasteiger partial charge is 0.493 e. The Kier molecular flexibility index (Phi) is 8.19. The molecule has 1 atom stereocenters. The second-order valence-electron chi connectivity index (χ2n) is 9.12. The lowest BCUT2D eigenvalue weighted by Crippen LogP contribution is -2.40. The van der Waals surface area contributed by atoms with Crippen molar-refractivity contribution in [3.63, 3.8) is 0 Å². The first-order valence-corrected chi connectivity index (χ1v) is 14.3. The molecule has 12 heteroatoms. The molecule has 1 aliphatic heterocycles. The van der Waals surface area contributed by atoms with Gasteiger partial charge in [-0.25, -0.2) is 14.6 Å². The van der Waals surface area contributed by atoms with Crippen molar-refractivity contribution in [3.05, 3.63) is 101 Å². The van der Waals surface area contributed by atoms with Gasteiger partial charge in [0.2, 0.25) is 0 Å². The summed E-state index contributed by atoms with van der Waals surface area (Å²) in [6, 6.07) is 12.3. The fraction of sp³-hybridized carbons (Fsp3) is 0.200. The quantitative estimate of drug-likeness (QED) is 0.275. The summed E-state index contributed by atoms with van der Waals surface area (Å²) in [4.78, 5) is 43.3. The van der Waals surface area contributed by atoms with E-state index in [1.807, 2.05) is 0 Å². The minimum absolute atomic E-state index is 0.152. The minimum Gasteiger partial charge on any atom is -0.493 e. The lowest BCUT2D eigenvalue weighted by molar-refractivity contribution is -0.139. The molecule has 5 rings (SSSR count). The number of aromatic nitrogens is 1. The molecule has 0 radical (unpaired) electrons. The molecule has 10 nitrogen and oxygen atoms in total. The zero-order valence-corrected chi connectivity index (χ0v) is 25.4. The summed E-state index contributed by atoms with van der Waals surface area (Å²) >= 11 is 4.75. The Hall–Kier alpha value is -4.42. The average Bonchev–Trinajstić information content (AvgIpc) is 3.56. The summed E-state index contributed by atoms with van der Waals surface area (Å²) in [5, 5.41) is 9.15. The van der Waals surface area contributed by atoms with E-state index in [-0.39, 0.29) is 23.3 Å². The highest BCUT2D eigenvalue weighted by atomic mass is 79.9. The number of ether oxygens (including phenoxy) is 3. The number of esters is 1. The number of hydrogen-bond donors (Lipinski definition) is 1. The van der Waals surface area contributed by atoms with Crippen LogP contribution in [-0.2, 0) is 9.53 Å². The topological polar surface area (TPSA) is 130 Å². The Balaban J connectivity index is 1.65. The Morgan fingerprint density at radius 2 is 1.81 bits per heavy atom. The van der Waals surface area contributed by atoms with E-state index >= 15 is 0 Å². The summed E-state index contributed by atoms with van der Waals surface area (Å²) in [5.41, 5.74) is 1.73. The molecule has 216 valence electrons. The highest BCUT2D eigenvalue weighted by molar-refractivity contribution is 9.10. The first-order chi connectivity index (χ1) is 20.2. The number of carbonyl (C=O) groups excluding carboxylic acids is 1. The predicted octanol–water partition coefficient (Wildman–Crippen LogP) is 4.54. The number of thiazole rings is 1. The number of hydrogen-bond acceptors (Lipinski definition) is 9. The van der Waals surface area contributed by atoms with Gasteiger partial charge in [-0.2, -0.15) is 0 Å². The number of allylic oxidation sites excluding steroid dienone is 1. The number of aromatic carboxylic acids is 1. The van der Waals surface area contributed by atoms with E-state index in [4.69, 9.17) is 23.7 Å². The first kappa shape index (κ1) is 29.1. The van der Waals surface area contributed by atoms with Crippen molar-refractivity contribution in [1.29, 1.82) is 0 Å². The molecular weight excluding hydrogens is 628 g/mol. The van der Waals surface area contributed by atoms with Crippen molar-refractivity contribution in [1.82, 2.24) is 4.57 Å². The summed E-state index contributed by atoms with van der Waals surface area (Å²) in [5.74, 6) is 0.239. The number of methoxy groups -OCH3 is 2. The number of furan rings is 1. The highest BCUT2D eigenvalue weighted by Gasteiger charge is 2.35. The van der Waals surface area contributed by atoms with Crippen LogP contribution in [0.4, 0.5) is 0 Å². The molecule has 0 saturated heterocycles. The molecule has 1 aliphatic rings.